The fourth-order valence-electron chi connectivity index (χ4n) is 7.87. The third-order valence-corrected chi connectivity index (χ3v) is 12.4. The van der Waals surface area contributed by atoms with E-state index < -0.39 is 0 Å². The fourth-order valence-corrected chi connectivity index (χ4v) is 7.87. The maximum atomic E-state index is 11.1. The summed E-state index contributed by atoms with van der Waals surface area (Å²) in [5.41, 5.74) is 5.43. The smallest absolute Gasteiger partial charge is 0.160 e. The lowest BCUT2D eigenvalue weighted by molar-refractivity contribution is -0.133. The first-order valence-corrected chi connectivity index (χ1v) is 24.2. The van der Waals surface area contributed by atoms with Gasteiger partial charge in [-0.1, -0.05) is 104 Å². The highest BCUT2D eigenvalue weighted by molar-refractivity contribution is 6.09. The summed E-state index contributed by atoms with van der Waals surface area (Å²) in [4.78, 5) is 32.8. The number of hydrogen-bond donors (Lipinski definition) is 0. The Morgan fingerprint density at radius 1 is 0.446 bits per heavy atom. The largest absolute Gasteiger partial charge is 0.497 e. The van der Waals surface area contributed by atoms with Crippen LogP contribution in [0.2, 0.25) is 0 Å². The first-order valence-electron chi connectivity index (χ1n) is 24.2. The number of aryl methyl sites for hydroxylation is 1. The summed E-state index contributed by atoms with van der Waals surface area (Å²) in [6.45, 7) is 11.0. The summed E-state index contributed by atoms with van der Waals surface area (Å²) in [6, 6.07) is 52.2. The topological polar surface area (TPSA) is 125 Å². The Balaban J connectivity index is 0.000000179. The van der Waals surface area contributed by atoms with Gasteiger partial charge in [-0.15, -0.1) is 0 Å². The zero-order chi connectivity index (χ0) is 53.6. The minimum atomic E-state index is 0.0186. The minimum Gasteiger partial charge on any atom is -0.497 e. The molecule has 11 nitrogen and oxygen atoms in total. The molecule has 0 radical (unpaired) electrons. The van der Waals surface area contributed by atoms with Gasteiger partial charge < -0.3 is 37.9 Å². The number of hydrogen-bond acceptors (Lipinski definition) is 11. The Bertz CT molecular complexity index is 2940. The Kier molecular flexibility index (Phi) is 21.6. The van der Waals surface area contributed by atoms with Gasteiger partial charge in [0.25, 0.3) is 0 Å². The number of fused-ring (bicyclic) bond motifs is 2. The van der Waals surface area contributed by atoms with Crippen LogP contribution in [0.3, 0.4) is 0 Å². The zero-order valence-electron chi connectivity index (χ0n) is 44.4. The highest BCUT2D eigenvalue weighted by Gasteiger charge is 2.37. The molecule has 1 aliphatic rings. The van der Waals surface area contributed by atoms with Gasteiger partial charge in [-0.05, 0) is 128 Å². The van der Waals surface area contributed by atoms with Crippen LogP contribution in [0, 0.1) is 12.3 Å². The second kappa shape index (κ2) is 28.2. The molecular formula is C63H68O11. The van der Waals surface area contributed by atoms with E-state index in [1.54, 1.807) is 86.0 Å². The molecule has 0 amide bonds. The van der Waals surface area contributed by atoms with E-state index in [2.05, 4.69) is 67.6 Å². The van der Waals surface area contributed by atoms with Crippen molar-refractivity contribution in [1.29, 1.82) is 0 Å². The summed E-state index contributed by atoms with van der Waals surface area (Å²) in [6.07, 6.45) is 1.07. The van der Waals surface area contributed by atoms with Crippen LogP contribution in [0.1, 0.15) is 70.8 Å². The molecule has 74 heavy (non-hydrogen) atoms. The van der Waals surface area contributed by atoms with E-state index in [1.165, 1.54) is 24.6 Å². The molecule has 1 saturated heterocycles. The lowest BCUT2D eigenvalue weighted by Crippen LogP contribution is -2.46. The molecule has 1 fully saturated rings. The molecule has 0 spiro atoms. The van der Waals surface area contributed by atoms with Crippen molar-refractivity contribution in [1.82, 2.24) is 0 Å². The summed E-state index contributed by atoms with van der Waals surface area (Å²) >= 11 is 0. The fraction of sp³-hybridized carbons (Fsp3) is 0.254. The van der Waals surface area contributed by atoms with Crippen LogP contribution in [0.4, 0.5) is 0 Å². The molecule has 0 N–H and O–H groups in total. The third-order valence-electron chi connectivity index (χ3n) is 12.4. The van der Waals surface area contributed by atoms with Crippen molar-refractivity contribution in [3.63, 3.8) is 0 Å². The van der Waals surface area contributed by atoms with Gasteiger partial charge in [0, 0.05) is 27.8 Å². The van der Waals surface area contributed by atoms with Gasteiger partial charge in [-0.3, -0.25) is 14.4 Å². The molecule has 9 rings (SSSR count). The van der Waals surface area contributed by atoms with Crippen molar-refractivity contribution < 1.29 is 52.3 Å². The lowest BCUT2D eigenvalue weighted by atomic mass is 9.84. The zero-order valence-corrected chi connectivity index (χ0v) is 44.4. The number of benzene rings is 8. The molecule has 0 aromatic heterocycles. The van der Waals surface area contributed by atoms with Gasteiger partial charge >= 0.3 is 0 Å². The number of ketones is 3. The van der Waals surface area contributed by atoms with E-state index in [0.29, 0.717) is 17.7 Å². The van der Waals surface area contributed by atoms with Gasteiger partial charge in [0.1, 0.15) is 28.7 Å². The molecule has 386 valence electrons. The van der Waals surface area contributed by atoms with Gasteiger partial charge in [-0.2, -0.15) is 0 Å². The number of carbonyl (C=O) groups is 3. The predicted octanol–water partition coefficient (Wildman–Crippen LogP) is 14.2. The number of methoxy groups -OCH3 is 6. The second-order valence-electron chi connectivity index (χ2n) is 17.3. The average Bonchev–Trinajstić information content (AvgIpc) is 3.43. The second-order valence-corrected chi connectivity index (χ2v) is 17.3. The Labute approximate surface area is 435 Å². The molecule has 1 aliphatic heterocycles. The standard InChI is InChI=1S/C22H18O2.C14H18O3.C10H10O2.C9H12O2.C8H10O2/c1-23-19-13-11-15-7-3-5-9-17(15)21(19)22-18-10-6-4-8-16(18)12-14-20(22)24-2;1-3-14(8-16-9-14)10-17-13-6-4-12(5-7-13)11(2)15;1-7(11)9-3-5-10(6-4-9)8(2)12;1-7-6-8(10-2)4-5-9(7)11-3;1-9-7-5-3-4-6-8(7)10-2/h3-14H,1-2H3;4-7H,3,8-10H2,1-2H3;3-6H,1-2H3;4-6H,1-3H3;3-6H,1-2H3. The van der Waals surface area contributed by atoms with E-state index in [1.807, 2.05) is 73.7 Å². The van der Waals surface area contributed by atoms with Crippen LogP contribution in [-0.2, 0) is 4.74 Å². The molecule has 0 unspecified atom stereocenters. The summed E-state index contributed by atoms with van der Waals surface area (Å²) < 4.78 is 42.5. The third kappa shape index (κ3) is 15.2. The SMILES string of the molecule is CC(=O)c1ccc(C(C)=O)cc1.CCC1(COc2ccc(C(C)=O)cc2)COC1.COc1ccc(OC)c(C)c1.COc1ccc2ccccc2c1-c1c(OC)ccc2ccccc12.COc1ccccc1OC. The van der Waals surface area contributed by atoms with Crippen LogP contribution >= 0.6 is 0 Å². The Hall–Kier alpha value is -8.15. The lowest BCUT2D eigenvalue weighted by Gasteiger charge is -2.40. The maximum Gasteiger partial charge on any atom is 0.160 e. The molecule has 0 atom stereocenters. The Morgan fingerprint density at radius 2 is 0.824 bits per heavy atom. The van der Waals surface area contributed by atoms with Crippen LogP contribution in [0.15, 0.2) is 164 Å². The molecule has 1 heterocycles. The summed E-state index contributed by atoms with van der Waals surface area (Å²) in [5.74, 6) is 5.93. The molecule has 8 aromatic rings. The van der Waals surface area contributed by atoms with Crippen LogP contribution in [0.5, 0.6) is 40.2 Å². The van der Waals surface area contributed by atoms with E-state index in [0.717, 1.165) is 92.9 Å². The predicted molar refractivity (Wildman–Crippen MR) is 296 cm³/mol. The minimum absolute atomic E-state index is 0.0186. The molecular weight excluding hydrogens is 933 g/mol. The average molecular weight is 1000 g/mol. The molecule has 0 bridgehead atoms. The van der Waals surface area contributed by atoms with Crippen molar-refractivity contribution >= 4 is 38.9 Å². The molecule has 11 heteroatoms. The first-order chi connectivity index (χ1) is 35.7. The Morgan fingerprint density at radius 3 is 1.18 bits per heavy atom. The first kappa shape index (κ1) is 56.8. The quantitative estimate of drug-likeness (QED) is 0.0967. The van der Waals surface area contributed by atoms with Gasteiger partial charge in [0.2, 0.25) is 0 Å². The van der Waals surface area contributed by atoms with E-state index in [9.17, 15) is 14.4 Å². The van der Waals surface area contributed by atoms with Crippen molar-refractivity contribution in [2.24, 2.45) is 5.41 Å². The highest BCUT2D eigenvalue weighted by atomic mass is 16.5. The van der Waals surface area contributed by atoms with E-state index >= 15 is 0 Å². The van der Waals surface area contributed by atoms with Crippen molar-refractivity contribution in [3.05, 3.63) is 186 Å². The number of rotatable bonds is 14. The van der Waals surface area contributed by atoms with Gasteiger partial charge in [0.05, 0.1) is 67.9 Å². The monoisotopic (exact) mass is 1000 g/mol. The van der Waals surface area contributed by atoms with Gasteiger partial charge in [-0.25, -0.2) is 0 Å². The van der Waals surface area contributed by atoms with Gasteiger partial charge in [0.15, 0.2) is 28.8 Å². The summed E-state index contributed by atoms with van der Waals surface area (Å²) in [7, 11) is 9.99. The van der Waals surface area contributed by atoms with Crippen molar-refractivity contribution in [3.8, 4) is 51.4 Å². The number of Topliss-reactive ketones (excluding diaryl/α,β-unsaturated/α-hetero) is 3. The van der Waals surface area contributed by atoms with Crippen LogP contribution < -0.4 is 33.2 Å². The highest BCUT2D eigenvalue weighted by Crippen LogP contribution is 2.45. The van der Waals surface area contributed by atoms with E-state index in [4.69, 9.17) is 37.9 Å². The van der Waals surface area contributed by atoms with Crippen molar-refractivity contribution in [2.75, 3.05) is 62.5 Å². The molecule has 0 saturated carbocycles. The number of carbonyl (C=O) groups excluding carboxylic acids is 3. The molecule has 0 aliphatic carbocycles. The van der Waals surface area contributed by atoms with Crippen LogP contribution in [-0.4, -0.2) is 79.8 Å². The molecule has 8 aromatic carbocycles. The normalized spacial score (nSPS) is 11.7. The summed E-state index contributed by atoms with van der Waals surface area (Å²) in [5, 5.41) is 4.68. The number of para-hydroxylation sites is 2. The van der Waals surface area contributed by atoms with E-state index in [-0.39, 0.29) is 22.8 Å². The van der Waals surface area contributed by atoms with Crippen LogP contribution in [0.25, 0.3) is 32.7 Å². The van der Waals surface area contributed by atoms with Crippen molar-refractivity contribution in [2.45, 2.75) is 41.0 Å². The number of ether oxygens (including phenoxy) is 8. The maximum absolute atomic E-state index is 11.1.